The molecule has 0 spiro atoms. The Kier molecular flexibility index (Phi) is 4.40. The largest absolute Gasteiger partial charge is 0.475 e. The summed E-state index contributed by atoms with van der Waals surface area (Å²) in [5, 5.41) is 9.93. The highest BCUT2D eigenvalue weighted by atomic mass is 79.9. The van der Waals surface area contributed by atoms with Crippen molar-refractivity contribution in [3.05, 3.63) is 48.7 Å². The van der Waals surface area contributed by atoms with Crippen molar-refractivity contribution in [2.45, 2.75) is 7.93 Å². The number of aliphatic hydroxyl groups is 1. The van der Waals surface area contributed by atoms with Crippen molar-refractivity contribution in [1.29, 1.82) is 0 Å². The number of hydrogen-bond acceptors (Lipinski definition) is 2. The van der Waals surface area contributed by atoms with E-state index >= 15 is 0 Å². The van der Waals surface area contributed by atoms with E-state index in [0.29, 0.717) is 0 Å². The standard InChI is InChI=1S/C10H9Br3O2/c1-2-15-9(11,10(12,13)14)8-6-4-3-5-7-8/h2-7,14H,1H2. The second-order valence-corrected chi connectivity index (χ2v) is 7.26. The van der Waals surface area contributed by atoms with E-state index in [-0.39, 0.29) is 0 Å². The van der Waals surface area contributed by atoms with Crippen molar-refractivity contribution in [1.82, 2.24) is 0 Å². The predicted octanol–water partition coefficient (Wildman–Crippen LogP) is 3.83. The van der Waals surface area contributed by atoms with Gasteiger partial charge in [0, 0.05) is 5.56 Å². The first-order valence-electron chi connectivity index (χ1n) is 4.05. The number of hydrogen-bond donors (Lipinski definition) is 1. The number of alkyl halides is 3. The van der Waals surface area contributed by atoms with Crippen LogP contribution in [0.3, 0.4) is 0 Å². The van der Waals surface area contributed by atoms with E-state index in [1.165, 1.54) is 6.26 Å². The fourth-order valence-corrected chi connectivity index (χ4v) is 2.12. The minimum Gasteiger partial charge on any atom is -0.475 e. The van der Waals surface area contributed by atoms with Crippen LogP contribution in [0.4, 0.5) is 0 Å². The van der Waals surface area contributed by atoms with Crippen molar-refractivity contribution in [3.63, 3.8) is 0 Å². The molecule has 1 aromatic carbocycles. The Morgan fingerprint density at radius 3 is 2.13 bits per heavy atom. The summed E-state index contributed by atoms with van der Waals surface area (Å²) >= 11 is 9.52. The Balaban J connectivity index is 3.18. The maximum absolute atomic E-state index is 9.93. The maximum atomic E-state index is 9.93. The molecule has 0 radical (unpaired) electrons. The van der Waals surface area contributed by atoms with Crippen molar-refractivity contribution in [3.8, 4) is 0 Å². The zero-order valence-corrected chi connectivity index (χ0v) is 12.4. The molecule has 1 unspecified atom stereocenters. The molecule has 0 aliphatic rings. The van der Waals surface area contributed by atoms with Crippen LogP contribution in [0.1, 0.15) is 5.56 Å². The molecule has 0 saturated carbocycles. The van der Waals surface area contributed by atoms with Gasteiger partial charge in [0.05, 0.1) is 6.26 Å². The molecular weight excluding hydrogens is 392 g/mol. The van der Waals surface area contributed by atoms with Gasteiger partial charge in [-0.3, -0.25) is 0 Å². The van der Waals surface area contributed by atoms with Crippen LogP contribution in [-0.2, 0) is 9.25 Å². The molecule has 15 heavy (non-hydrogen) atoms. The third-order valence-corrected chi connectivity index (χ3v) is 5.18. The average molecular weight is 401 g/mol. The van der Waals surface area contributed by atoms with E-state index in [0.717, 1.165) is 5.56 Å². The zero-order valence-electron chi connectivity index (χ0n) is 7.66. The Morgan fingerprint density at radius 1 is 1.20 bits per heavy atom. The van der Waals surface area contributed by atoms with Gasteiger partial charge in [-0.05, 0) is 47.8 Å². The third kappa shape index (κ3) is 2.84. The van der Waals surface area contributed by atoms with E-state index in [1.54, 1.807) is 0 Å². The maximum Gasteiger partial charge on any atom is 0.236 e. The molecule has 1 atom stereocenters. The second kappa shape index (κ2) is 4.99. The molecule has 0 aromatic heterocycles. The van der Waals surface area contributed by atoms with Crippen LogP contribution in [0.25, 0.3) is 0 Å². The molecule has 0 aliphatic carbocycles. The molecule has 0 fully saturated rings. The fourth-order valence-electron chi connectivity index (χ4n) is 1.08. The van der Waals surface area contributed by atoms with Gasteiger partial charge in [0.2, 0.25) is 7.93 Å². The Labute approximate surface area is 114 Å². The van der Waals surface area contributed by atoms with Gasteiger partial charge in [-0.1, -0.05) is 36.9 Å². The van der Waals surface area contributed by atoms with Gasteiger partial charge < -0.3 is 9.84 Å². The van der Waals surface area contributed by atoms with Crippen LogP contribution in [-0.4, -0.2) is 8.53 Å². The van der Waals surface area contributed by atoms with E-state index in [9.17, 15) is 5.11 Å². The molecule has 1 rings (SSSR count). The van der Waals surface area contributed by atoms with E-state index in [2.05, 4.69) is 54.4 Å². The Hall–Kier alpha value is 0.160. The first-order valence-corrected chi connectivity index (χ1v) is 6.43. The first-order chi connectivity index (χ1) is 6.92. The van der Waals surface area contributed by atoms with Gasteiger partial charge in [0.15, 0.2) is 0 Å². The van der Waals surface area contributed by atoms with Crippen LogP contribution in [0, 0.1) is 0 Å². The minimum absolute atomic E-state index is 0.751. The smallest absolute Gasteiger partial charge is 0.236 e. The number of ether oxygens (including phenoxy) is 1. The van der Waals surface area contributed by atoms with Crippen molar-refractivity contribution in [2.24, 2.45) is 0 Å². The third-order valence-electron chi connectivity index (χ3n) is 1.78. The molecular formula is C10H9Br3O2. The number of rotatable bonds is 4. The van der Waals surface area contributed by atoms with Crippen LogP contribution in [0.15, 0.2) is 43.2 Å². The molecule has 0 aliphatic heterocycles. The molecule has 1 aromatic rings. The highest BCUT2D eigenvalue weighted by Crippen LogP contribution is 2.49. The Morgan fingerprint density at radius 2 is 1.73 bits per heavy atom. The van der Waals surface area contributed by atoms with E-state index in [4.69, 9.17) is 4.74 Å². The highest BCUT2D eigenvalue weighted by Gasteiger charge is 2.48. The summed E-state index contributed by atoms with van der Waals surface area (Å²) in [6, 6.07) is 9.23. The second-order valence-electron chi connectivity index (χ2n) is 2.79. The summed E-state index contributed by atoms with van der Waals surface area (Å²) in [4.78, 5) is 0. The lowest BCUT2D eigenvalue weighted by Gasteiger charge is -2.34. The fraction of sp³-hybridized carbons (Fsp3) is 0.200. The van der Waals surface area contributed by atoms with Gasteiger partial charge in [0.25, 0.3) is 0 Å². The highest BCUT2D eigenvalue weighted by molar-refractivity contribution is 9.26. The topological polar surface area (TPSA) is 29.5 Å². The van der Waals surface area contributed by atoms with Gasteiger partial charge >= 0.3 is 0 Å². The van der Waals surface area contributed by atoms with Gasteiger partial charge in [-0.15, -0.1) is 0 Å². The van der Waals surface area contributed by atoms with Crippen LogP contribution >= 0.6 is 47.8 Å². The van der Waals surface area contributed by atoms with E-state index in [1.807, 2.05) is 30.3 Å². The van der Waals surface area contributed by atoms with Crippen LogP contribution in [0.5, 0.6) is 0 Å². The lowest BCUT2D eigenvalue weighted by Crippen LogP contribution is -2.38. The van der Waals surface area contributed by atoms with Gasteiger partial charge in [0.1, 0.15) is 0 Å². The van der Waals surface area contributed by atoms with Gasteiger partial charge in [-0.2, -0.15) is 0 Å². The van der Waals surface area contributed by atoms with E-state index < -0.39 is 7.93 Å². The number of halogens is 3. The molecule has 5 heteroatoms. The summed E-state index contributed by atoms with van der Waals surface area (Å²) in [6.07, 6.45) is 1.26. The quantitative estimate of drug-likeness (QED) is 0.615. The average Bonchev–Trinajstić information content (AvgIpc) is 2.18. The van der Waals surface area contributed by atoms with Crippen LogP contribution in [0.2, 0.25) is 0 Å². The van der Waals surface area contributed by atoms with Crippen molar-refractivity contribution < 1.29 is 9.84 Å². The molecule has 0 saturated heterocycles. The normalized spacial score (nSPS) is 15.5. The molecule has 0 heterocycles. The summed E-state index contributed by atoms with van der Waals surface area (Å²) in [5.74, 6) is 0. The molecule has 2 nitrogen and oxygen atoms in total. The Bertz CT molecular complexity index is 334. The van der Waals surface area contributed by atoms with Crippen LogP contribution < -0.4 is 0 Å². The molecule has 1 N–H and O–H groups in total. The predicted molar refractivity (Wildman–Crippen MR) is 71.1 cm³/mol. The first kappa shape index (κ1) is 13.2. The van der Waals surface area contributed by atoms with Gasteiger partial charge in [-0.25, -0.2) is 0 Å². The number of benzene rings is 1. The summed E-state index contributed by atoms with van der Waals surface area (Å²) in [7, 11) is 0. The minimum atomic E-state index is -1.44. The monoisotopic (exact) mass is 398 g/mol. The lowest BCUT2D eigenvalue weighted by molar-refractivity contribution is 0.0223. The summed E-state index contributed by atoms with van der Waals surface area (Å²) in [5.41, 5.74) is 0.751. The molecule has 0 amide bonds. The van der Waals surface area contributed by atoms with Crippen molar-refractivity contribution >= 4 is 47.8 Å². The van der Waals surface area contributed by atoms with Crippen molar-refractivity contribution in [2.75, 3.05) is 0 Å². The molecule has 0 bridgehead atoms. The summed E-state index contributed by atoms with van der Waals surface area (Å²) in [6.45, 7) is 3.48. The molecule has 82 valence electrons. The zero-order chi connectivity index (χ0) is 11.5. The SMILES string of the molecule is C=COC(Br)(c1ccccc1)C(O)(Br)Br. The lowest BCUT2D eigenvalue weighted by atomic mass is 10.1. The summed E-state index contributed by atoms with van der Waals surface area (Å²) < 4.78 is 2.74.